The van der Waals surface area contributed by atoms with Crippen molar-refractivity contribution in [2.75, 3.05) is 7.11 Å². The van der Waals surface area contributed by atoms with Crippen LogP contribution in [0.3, 0.4) is 0 Å². The fourth-order valence-corrected chi connectivity index (χ4v) is 2.34. The molecular formula is C7H16NO3P. The maximum absolute atomic E-state index is 11.1. The zero-order chi connectivity index (χ0) is 9.03. The quantitative estimate of drug-likeness (QED) is 0.669. The molecule has 72 valence electrons. The van der Waals surface area contributed by atoms with Gasteiger partial charge in [0, 0.05) is 13.2 Å². The Hall–Kier alpha value is 0.110. The average molecular weight is 193 g/mol. The van der Waals surface area contributed by atoms with Crippen molar-refractivity contribution >= 4 is 7.75 Å². The standard InChI is InChI=1S/C7H16NO3P/c1-11-12(9,10)8-7-5-3-2-4-6-7/h7H,2-6H2,1H3,(H2,8,9,10). The molecule has 0 amide bonds. The molecule has 1 unspecified atom stereocenters. The molecule has 1 rings (SSSR count). The first-order valence-corrected chi connectivity index (χ1v) is 5.88. The predicted octanol–water partition coefficient (Wildman–Crippen LogP) is 1.66. The fourth-order valence-electron chi connectivity index (χ4n) is 1.52. The van der Waals surface area contributed by atoms with E-state index in [1.54, 1.807) is 0 Å². The lowest BCUT2D eigenvalue weighted by Gasteiger charge is -2.24. The van der Waals surface area contributed by atoms with Gasteiger partial charge in [-0.25, -0.2) is 9.65 Å². The van der Waals surface area contributed by atoms with Crippen LogP contribution in [0.15, 0.2) is 0 Å². The molecule has 12 heavy (non-hydrogen) atoms. The van der Waals surface area contributed by atoms with E-state index in [0.717, 1.165) is 25.7 Å². The monoisotopic (exact) mass is 193 g/mol. The van der Waals surface area contributed by atoms with Gasteiger partial charge in [0.15, 0.2) is 0 Å². The molecule has 0 aromatic carbocycles. The van der Waals surface area contributed by atoms with Crippen LogP contribution in [0, 0.1) is 0 Å². The smallest absolute Gasteiger partial charge is 0.312 e. The average Bonchev–Trinajstić information content (AvgIpc) is 2.06. The van der Waals surface area contributed by atoms with Gasteiger partial charge in [-0.1, -0.05) is 19.3 Å². The van der Waals surface area contributed by atoms with Gasteiger partial charge in [-0.3, -0.25) is 0 Å². The molecule has 1 aliphatic rings. The van der Waals surface area contributed by atoms with E-state index in [1.165, 1.54) is 13.5 Å². The molecule has 2 N–H and O–H groups in total. The van der Waals surface area contributed by atoms with E-state index >= 15 is 0 Å². The Labute approximate surface area is 72.9 Å². The van der Waals surface area contributed by atoms with Crippen molar-refractivity contribution in [1.82, 2.24) is 5.09 Å². The highest BCUT2D eigenvalue weighted by molar-refractivity contribution is 7.50. The maximum Gasteiger partial charge on any atom is 0.402 e. The van der Waals surface area contributed by atoms with Gasteiger partial charge in [0.1, 0.15) is 0 Å². The molecule has 0 radical (unpaired) electrons. The first-order chi connectivity index (χ1) is 5.64. The number of hydrogen-bond donors (Lipinski definition) is 2. The number of hydrogen-bond acceptors (Lipinski definition) is 2. The van der Waals surface area contributed by atoms with E-state index in [2.05, 4.69) is 9.61 Å². The molecule has 1 atom stereocenters. The summed E-state index contributed by atoms with van der Waals surface area (Å²) < 4.78 is 15.5. The Morgan fingerprint density at radius 2 is 2.00 bits per heavy atom. The van der Waals surface area contributed by atoms with Gasteiger partial charge in [-0.2, -0.15) is 0 Å². The van der Waals surface area contributed by atoms with Crippen LogP contribution >= 0.6 is 7.75 Å². The molecule has 0 bridgehead atoms. The van der Waals surface area contributed by atoms with Gasteiger partial charge in [0.05, 0.1) is 0 Å². The molecule has 1 saturated carbocycles. The molecule has 1 aliphatic carbocycles. The van der Waals surface area contributed by atoms with Crippen molar-refractivity contribution < 1.29 is 14.0 Å². The predicted molar refractivity (Wildman–Crippen MR) is 46.8 cm³/mol. The Morgan fingerprint density at radius 3 is 2.50 bits per heavy atom. The molecule has 0 aliphatic heterocycles. The SMILES string of the molecule is COP(=O)(O)NC1CCCCC1. The molecule has 5 heteroatoms. The molecule has 0 aromatic heterocycles. The molecule has 0 saturated heterocycles. The minimum atomic E-state index is -3.49. The summed E-state index contributed by atoms with van der Waals surface area (Å²) in [4.78, 5) is 9.10. The molecule has 0 spiro atoms. The summed E-state index contributed by atoms with van der Waals surface area (Å²) in [5, 5.41) is 2.63. The lowest BCUT2D eigenvalue weighted by Crippen LogP contribution is -2.28. The summed E-state index contributed by atoms with van der Waals surface area (Å²) >= 11 is 0. The minimum absolute atomic E-state index is 0.162. The van der Waals surface area contributed by atoms with Gasteiger partial charge in [0.2, 0.25) is 0 Å². The van der Waals surface area contributed by atoms with Gasteiger partial charge in [0.25, 0.3) is 0 Å². The topological polar surface area (TPSA) is 58.6 Å². The number of nitrogens with one attached hydrogen (secondary N) is 1. The van der Waals surface area contributed by atoms with Crippen molar-refractivity contribution in [3.63, 3.8) is 0 Å². The Morgan fingerprint density at radius 1 is 1.42 bits per heavy atom. The summed E-state index contributed by atoms with van der Waals surface area (Å²) in [5.74, 6) is 0. The summed E-state index contributed by atoms with van der Waals surface area (Å²) in [6.07, 6.45) is 5.48. The van der Waals surface area contributed by atoms with Crippen molar-refractivity contribution in [2.45, 2.75) is 38.1 Å². The Bertz CT molecular complexity index is 179. The third kappa shape index (κ3) is 3.23. The van der Waals surface area contributed by atoms with Crippen molar-refractivity contribution in [3.05, 3.63) is 0 Å². The lowest BCUT2D eigenvalue weighted by atomic mass is 9.96. The highest BCUT2D eigenvalue weighted by atomic mass is 31.2. The third-order valence-corrected chi connectivity index (χ3v) is 3.38. The van der Waals surface area contributed by atoms with Crippen molar-refractivity contribution in [2.24, 2.45) is 0 Å². The number of rotatable bonds is 3. The summed E-state index contributed by atoms with van der Waals surface area (Å²) in [6.45, 7) is 0. The van der Waals surface area contributed by atoms with E-state index in [1.807, 2.05) is 0 Å². The summed E-state index contributed by atoms with van der Waals surface area (Å²) in [7, 11) is -2.25. The molecule has 0 aromatic rings. The van der Waals surface area contributed by atoms with Gasteiger partial charge in [-0.15, -0.1) is 0 Å². The summed E-state index contributed by atoms with van der Waals surface area (Å²) in [5.41, 5.74) is 0. The van der Waals surface area contributed by atoms with Crippen molar-refractivity contribution in [1.29, 1.82) is 0 Å². The van der Waals surface area contributed by atoms with Crippen LogP contribution in [0.5, 0.6) is 0 Å². The molecule has 4 nitrogen and oxygen atoms in total. The van der Waals surface area contributed by atoms with Crippen LogP contribution in [0.1, 0.15) is 32.1 Å². The van der Waals surface area contributed by atoms with E-state index in [0.29, 0.717) is 0 Å². The normalized spacial score (nSPS) is 25.2. The largest absolute Gasteiger partial charge is 0.402 e. The minimum Gasteiger partial charge on any atom is -0.312 e. The Kier molecular flexibility index (Phi) is 3.72. The van der Waals surface area contributed by atoms with Crippen LogP contribution in [-0.2, 0) is 9.09 Å². The molecule has 0 heterocycles. The molecular weight excluding hydrogens is 177 g/mol. The van der Waals surface area contributed by atoms with Gasteiger partial charge in [-0.05, 0) is 12.8 Å². The van der Waals surface area contributed by atoms with Crippen LogP contribution in [0.25, 0.3) is 0 Å². The van der Waals surface area contributed by atoms with E-state index in [-0.39, 0.29) is 6.04 Å². The third-order valence-electron chi connectivity index (χ3n) is 2.20. The summed E-state index contributed by atoms with van der Waals surface area (Å²) in [6, 6.07) is 0.162. The highest BCUT2D eigenvalue weighted by Gasteiger charge is 2.23. The first kappa shape index (κ1) is 10.2. The second kappa shape index (κ2) is 4.38. The van der Waals surface area contributed by atoms with E-state index in [9.17, 15) is 4.57 Å². The van der Waals surface area contributed by atoms with Crippen LogP contribution < -0.4 is 5.09 Å². The van der Waals surface area contributed by atoms with Crippen LogP contribution in [-0.4, -0.2) is 18.0 Å². The zero-order valence-electron chi connectivity index (χ0n) is 7.32. The zero-order valence-corrected chi connectivity index (χ0v) is 8.22. The second-order valence-electron chi connectivity index (χ2n) is 3.17. The van der Waals surface area contributed by atoms with E-state index in [4.69, 9.17) is 4.89 Å². The Balaban J connectivity index is 2.34. The fraction of sp³-hybridized carbons (Fsp3) is 1.00. The van der Waals surface area contributed by atoms with Gasteiger partial charge < -0.3 is 9.42 Å². The highest BCUT2D eigenvalue weighted by Crippen LogP contribution is 2.37. The van der Waals surface area contributed by atoms with Gasteiger partial charge >= 0.3 is 7.75 Å². The molecule has 1 fully saturated rings. The van der Waals surface area contributed by atoms with Crippen LogP contribution in [0.2, 0.25) is 0 Å². The second-order valence-corrected chi connectivity index (χ2v) is 4.83. The van der Waals surface area contributed by atoms with E-state index < -0.39 is 7.75 Å². The maximum atomic E-state index is 11.1. The van der Waals surface area contributed by atoms with Crippen LogP contribution in [0.4, 0.5) is 0 Å². The van der Waals surface area contributed by atoms with Crippen molar-refractivity contribution in [3.8, 4) is 0 Å². The lowest BCUT2D eigenvalue weighted by molar-refractivity contribution is 0.284. The first-order valence-electron chi connectivity index (χ1n) is 4.30.